The fourth-order valence-electron chi connectivity index (χ4n) is 2.26. The molecule has 0 saturated heterocycles. The van der Waals surface area contributed by atoms with E-state index < -0.39 is 0 Å². The molecule has 21 heavy (non-hydrogen) atoms. The third-order valence-electron chi connectivity index (χ3n) is 3.28. The van der Waals surface area contributed by atoms with Gasteiger partial charge in [0.2, 0.25) is 0 Å². The van der Waals surface area contributed by atoms with E-state index in [1.165, 1.54) is 11.3 Å². The minimum absolute atomic E-state index is 0.0558. The number of carbonyl (C=O) groups is 1. The molecule has 3 nitrogen and oxygen atoms in total. The molecular weight excluding hydrogens is 280 g/mol. The van der Waals surface area contributed by atoms with Crippen molar-refractivity contribution in [3.05, 3.63) is 65.0 Å². The Morgan fingerprint density at radius 2 is 1.86 bits per heavy atom. The minimum Gasteiger partial charge on any atom is -0.321 e. The number of benzene rings is 2. The normalized spacial score (nSPS) is 10.7. The summed E-state index contributed by atoms with van der Waals surface area (Å²) in [4.78, 5) is 13.2. The zero-order valence-corrected chi connectivity index (χ0v) is 12.5. The summed E-state index contributed by atoms with van der Waals surface area (Å²) in [6, 6.07) is 17.8. The zero-order valence-electron chi connectivity index (χ0n) is 11.7. The van der Waals surface area contributed by atoms with E-state index in [0.717, 1.165) is 32.8 Å². The van der Waals surface area contributed by atoms with E-state index >= 15 is 0 Å². The van der Waals surface area contributed by atoms with Gasteiger partial charge in [-0.05, 0) is 36.2 Å². The summed E-state index contributed by atoms with van der Waals surface area (Å²) in [7, 11) is 1.89. The Morgan fingerprint density at radius 1 is 1.10 bits per heavy atom. The number of fused-ring (bicyclic) bond motifs is 1. The number of rotatable bonds is 4. The molecule has 0 atom stereocenters. The van der Waals surface area contributed by atoms with Crippen LogP contribution in [0.1, 0.15) is 15.2 Å². The van der Waals surface area contributed by atoms with E-state index in [-0.39, 0.29) is 5.91 Å². The summed E-state index contributed by atoms with van der Waals surface area (Å²) in [5.41, 5.74) is 1.93. The van der Waals surface area contributed by atoms with Crippen molar-refractivity contribution >= 4 is 33.0 Å². The molecule has 1 aromatic heterocycles. The van der Waals surface area contributed by atoms with Crippen molar-refractivity contribution in [1.29, 1.82) is 0 Å². The number of amides is 1. The quantitative estimate of drug-likeness (QED) is 0.767. The fraction of sp³-hybridized carbons (Fsp3) is 0.118. The van der Waals surface area contributed by atoms with Crippen LogP contribution in [0.15, 0.2) is 54.6 Å². The van der Waals surface area contributed by atoms with Crippen molar-refractivity contribution in [3.8, 4) is 0 Å². The maximum absolute atomic E-state index is 12.4. The maximum Gasteiger partial charge on any atom is 0.265 e. The molecular formula is C17H16N2OS. The van der Waals surface area contributed by atoms with E-state index in [1.807, 2.05) is 61.6 Å². The van der Waals surface area contributed by atoms with Crippen LogP contribution in [0, 0.1) is 0 Å². The zero-order chi connectivity index (χ0) is 14.7. The third kappa shape index (κ3) is 2.96. The lowest BCUT2D eigenvalue weighted by Crippen LogP contribution is -2.14. The van der Waals surface area contributed by atoms with Crippen molar-refractivity contribution in [3.63, 3.8) is 0 Å². The first kappa shape index (κ1) is 13.8. The monoisotopic (exact) mass is 296 g/mol. The molecule has 0 aliphatic heterocycles. The van der Waals surface area contributed by atoms with Crippen LogP contribution in [0.5, 0.6) is 0 Å². The minimum atomic E-state index is -0.0558. The number of thiophene rings is 1. The number of hydrogen-bond acceptors (Lipinski definition) is 3. The number of carbonyl (C=O) groups excluding carboxylic acids is 1. The Balaban J connectivity index is 1.86. The van der Waals surface area contributed by atoms with Crippen molar-refractivity contribution in [2.45, 2.75) is 6.54 Å². The third-order valence-corrected chi connectivity index (χ3v) is 4.40. The molecule has 2 N–H and O–H groups in total. The van der Waals surface area contributed by atoms with Gasteiger partial charge in [0.05, 0.1) is 4.88 Å². The number of anilines is 1. The average Bonchev–Trinajstić information content (AvgIpc) is 2.93. The second kappa shape index (κ2) is 6.08. The summed E-state index contributed by atoms with van der Waals surface area (Å²) < 4.78 is 1.13. The number of hydrogen-bond donors (Lipinski definition) is 2. The molecule has 0 saturated carbocycles. The molecule has 106 valence electrons. The predicted octanol–water partition coefficient (Wildman–Crippen LogP) is 3.87. The summed E-state index contributed by atoms with van der Waals surface area (Å²) >= 11 is 1.52. The van der Waals surface area contributed by atoms with Gasteiger partial charge in [-0.1, -0.05) is 36.4 Å². The highest BCUT2D eigenvalue weighted by atomic mass is 32.1. The first-order valence-corrected chi connectivity index (χ1v) is 7.62. The molecule has 3 rings (SSSR count). The Kier molecular flexibility index (Phi) is 3.99. The highest BCUT2D eigenvalue weighted by Gasteiger charge is 2.11. The fourth-order valence-corrected chi connectivity index (χ4v) is 3.22. The van der Waals surface area contributed by atoms with Crippen LogP contribution in [0.4, 0.5) is 5.69 Å². The average molecular weight is 296 g/mol. The SMILES string of the molecule is CNCc1ccccc1NC(=O)c1cc2ccccc2s1. The van der Waals surface area contributed by atoms with Crippen LogP contribution >= 0.6 is 11.3 Å². The molecule has 0 spiro atoms. The van der Waals surface area contributed by atoms with Gasteiger partial charge in [0.25, 0.3) is 5.91 Å². The van der Waals surface area contributed by atoms with Crippen molar-refractivity contribution in [2.24, 2.45) is 0 Å². The summed E-state index contributed by atoms with van der Waals surface area (Å²) in [6.45, 7) is 0.725. The Bertz CT molecular complexity index is 746. The summed E-state index contributed by atoms with van der Waals surface area (Å²) in [6.07, 6.45) is 0. The lowest BCUT2D eigenvalue weighted by atomic mass is 10.1. The summed E-state index contributed by atoms with van der Waals surface area (Å²) in [5, 5.41) is 7.22. The number of para-hydroxylation sites is 1. The van der Waals surface area contributed by atoms with Gasteiger partial charge < -0.3 is 10.6 Å². The first-order chi connectivity index (χ1) is 10.3. The molecule has 2 aromatic carbocycles. The van der Waals surface area contributed by atoms with E-state index in [1.54, 1.807) is 0 Å². The summed E-state index contributed by atoms with van der Waals surface area (Å²) in [5.74, 6) is -0.0558. The van der Waals surface area contributed by atoms with Gasteiger partial charge in [0, 0.05) is 16.9 Å². The Morgan fingerprint density at radius 3 is 2.67 bits per heavy atom. The lowest BCUT2D eigenvalue weighted by Gasteiger charge is -2.09. The molecule has 0 fully saturated rings. The van der Waals surface area contributed by atoms with Gasteiger partial charge in [-0.25, -0.2) is 0 Å². The van der Waals surface area contributed by atoms with Gasteiger partial charge in [0.1, 0.15) is 0 Å². The maximum atomic E-state index is 12.4. The largest absolute Gasteiger partial charge is 0.321 e. The molecule has 4 heteroatoms. The van der Waals surface area contributed by atoms with Gasteiger partial charge in [-0.15, -0.1) is 11.3 Å². The number of nitrogens with one attached hydrogen (secondary N) is 2. The van der Waals surface area contributed by atoms with E-state index in [0.29, 0.717) is 0 Å². The second-order valence-corrected chi connectivity index (χ2v) is 5.87. The molecule has 1 heterocycles. The molecule has 0 bridgehead atoms. The van der Waals surface area contributed by atoms with Crippen LogP contribution in [-0.4, -0.2) is 13.0 Å². The lowest BCUT2D eigenvalue weighted by molar-refractivity contribution is 0.103. The van der Waals surface area contributed by atoms with Crippen LogP contribution in [0.3, 0.4) is 0 Å². The Hall–Kier alpha value is -2.17. The molecule has 0 aliphatic carbocycles. The smallest absolute Gasteiger partial charge is 0.265 e. The first-order valence-electron chi connectivity index (χ1n) is 6.80. The molecule has 0 aliphatic rings. The topological polar surface area (TPSA) is 41.1 Å². The van der Waals surface area contributed by atoms with Crippen LogP contribution in [0.2, 0.25) is 0 Å². The van der Waals surface area contributed by atoms with Crippen molar-refractivity contribution in [2.75, 3.05) is 12.4 Å². The molecule has 1 amide bonds. The molecule has 0 unspecified atom stereocenters. The standard InChI is InChI=1S/C17H16N2OS/c1-18-11-13-7-2-4-8-14(13)19-17(20)16-10-12-6-3-5-9-15(12)21-16/h2-10,18H,11H2,1H3,(H,19,20). The van der Waals surface area contributed by atoms with Crippen LogP contribution in [0.25, 0.3) is 10.1 Å². The van der Waals surface area contributed by atoms with Gasteiger partial charge in [-0.2, -0.15) is 0 Å². The van der Waals surface area contributed by atoms with Crippen LogP contribution in [-0.2, 0) is 6.54 Å². The highest BCUT2D eigenvalue weighted by Crippen LogP contribution is 2.26. The van der Waals surface area contributed by atoms with Crippen molar-refractivity contribution in [1.82, 2.24) is 5.32 Å². The predicted molar refractivity (Wildman–Crippen MR) is 89.0 cm³/mol. The van der Waals surface area contributed by atoms with E-state index in [9.17, 15) is 4.79 Å². The van der Waals surface area contributed by atoms with Crippen molar-refractivity contribution < 1.29 is 4.79 Å². The van der Waals surface area contributed by atoms with Crippen LogP contribution < -0.4 is 10.6 Å². The van der Waals surface area contributed by atoms with E-state index in [2.05, 4.69) is 10.6 Å². The second-order valence-electron chi connectivity index (χ2n) is 4.79. The van der Waals surface area contributed by atoms with Gasteiger partial charge in [0.15, 0.2) is 0 Å². The molecule has 3 aromatic rings. The Labute approximate surface area is 127 Å². The molecule has 0 radical (unpaired) electrons. The van der Waals surface area contributed by atoms with Gasteiger partial charge in [-0.3, -0.25) is 4.79 Å². The highest BCUT2D eigenvalue weighted by molar-refractivity contribution is 7.20. The van der Waals surface area contributed by atoms with E-state index in [4.69, 9.17) is 0 Å². The van der Waals surface area contributed by atoms with Gasteiger partial charge >= 0.3 is 0 Å².